The Bertz CT molecular complexity index is 75.5. The molecule has 0 radical (unpaired) electrons. The van der Waals surface area contributed by atoms with Gasteiger partial charge in [-0.15, -0.1) is 11.8 Å². The summed E-state index contributed by atoms with van der Waals surface area (Å²) in [6.45, 7) is 5.51. The van der Waals surface area contributed by atoms with Crippen molar-refractivity contribution in [2.45, 2.75) is 19.4 Å². The van der Waals surface area contributed by atoms with E-state index in [2.05, 4.69) is 18.6 Å². The van der Waals surface area contributed by atoms with Crippen LogP contribution in [0.3, 0.4) is 0 Å². The lowest BCUT2D eigenvalue weighted by atomic mass is 10.3. The van der Waals surface area contributed by atoms with Crippen LogP contribution in [0.4, 0.5) is 0 Å². The molecule has 3 heteroatoms. The van der Waals surface area contributed by atoms with Crippen LogP contribution in [0, 0.1) is 0 Å². The number of rotatable bonds is 5. The van der Waals surface area contributed by atoms with Crippen molar-refractivity contribution < 1.29 is 0 Å². The number of thioether (sulfide) groups is 1. The molecule has 54 valence electrons. The minimum atomic E-state index is 0.393. The highest BCUT2D eigenvalue weighted by Gasteiger charge is 1.94. The van der Waals surface area contributed by atoms with Crippen molar-refractivity contribution in [1.82, 2.24) is 0 Å². The van der Waals surface area contributed by atoms with Crippen molar-refractivity contribution in [2.75, 3.05) is 11.6 Å². The van der Waals surface area contributed by atoms with Gasteiger partial charge in [0.25, 0.3) is 0 Å². The Balaban J connectivity index is 2.96. The summed E-state index contributed by atoms with van der Waals surface area (Å²) in [5, 5.41) is 0. The second-order valence-corrected chi connectivity index (χ2v) is 3.05. The fourth-order valence-electron chi connectivity index (χ4n) is 0.429. The van der Waals surface area contributed by atoms with E-state index in [9.17, 15) is 0 Å². The second kappa shape index (κ2) is 6.11. The van der Waals surface area contributed by atoms with Crippen LogP contribution in [-0.2, 0) is 0 Å². The molecule has 0 aromatic rings. The van der Waals surface area contributed by atoms with Gasteiger partial charge in [-0.2, -0.15) is 0 Å². The van der Waals surface area contributed by atoms with Gasteiger partial charge in [-0.05, 0) is 25.8 Å². The number of hydrogen-bond donors (Lipinski definition) is 1. The van der Waals surface area contributed by atoms with Gasteiger partial charge in [0, 0.05) is 11.9 Å². The second-order valence-electron chi connectivity index (χ2n) is 1.90. The molecule has 0 saturated carbocycles. The molecule has 0 spiro atoms. The number of nitrogens with zero attached hydrogens (tertiary/aromatic N) is 1. The summed E-state index contributed by atoms with van der Waals surface area (Å²) in [6.07, 6.45) is 1.09. The van der Waals surface area contributed by atoms with Gasteiger partial charge in [-0.1, -0.05) is 0 Å². The fraction of sp³-hybridized carbons (Fsp3) is 0.833. The number of aliphatic imine (C=N–C) groups is 1. The lowest BCUT2D eigenvalue weighted by Gasteiger charge is -2.02. The van der Waals surface area contributed by atoms with Crippen LogP contribution in [0.1, 0.15) is 13.3 Å². The normalized spacial score (nSPS) is 13.1. The molecule has 1 atom stereocenters. The van der Waals surface area contributed by atoms with Gasteiger partial charge in [0.1, 0.15) is 0 Å². The number of hydrogen-bond acceptors (Lipinski definition) is 3. The van der Waals surface area contributed by atoms with Crippen LogP contribution in [0.2, 0.25) is 0 Å². The molecule has 0 aliphatic rings. The van der Waals surface area contributed by atoms with Crippen molar-refractivity contribution in [1.29, 1.82) is 0 Å². The van der Waals surface area contributed by atoms with Crippen molar-refractivity contribution >= 4 is 18.5 Å². The van der Waals surface area contributed by atoms with E-state index in [4.69, 9.17) is 5.73 Å². The molecule has 0 saturated heterocycles. The van der Waals surface area contributed by atoms with Crippen molar-refractivity contribution in [2.24, 2.45) is 10.7 Å². The van der Waals surface area contributed by atoms with Gasteiger partial charge in [0.15, 0.2) is 0 Å². The minimum Gasteiger partial charge on any atom is -0.322 e. The summed E-state index contributed by atoms with van der Waals surface area (Å²) < 4.78 is 0. The molecule has 0 aliphatic carbocycles. The predicted octanol–water partition coefficient (Wildman–Crippen LogP) is 1.11. The molecule has 9 heavy (non-hydrogen) atoms. The van der Waals surface area contributed by atoms with Crippen molar-refractivity contribution in [3.8, 4) is 0 Å². The molecule has 2 nitrogen and oxygen atoms in total. The summed E-state index contributed by atoms with van der Waals surface area (Å²) >= 11 is 1.74. The van der Waals surface area contributed by atoms with Crippen LogP contribution in [0.15, 0.2) is 4.99 Å². The highest BCUT2D eigenvalue weighted by molar-refractivity contribution is 7.99. The Labute approximate surface area is 60.9 Å². The van der Waals surface area contributed by atoms with E-state index >= 15 is 0 Å². The van der Waals surface area contributed by atoms with Crippen molar-refractivity contribution in [3.63, 3.8) is 0 Å². The van der Waals surface area contributed by atoms with Gasteiger partial charge in [0.05, 0.1) is 0 Å². The largest absolute Gasteiger partial charge is 0.322 e. The molecule has 0 rings (SSSR count). The van der Waals surface area contributed by atoms with Gasteiger partial charge in [-0.3, -0.25) is 4.99 Å². The third-order valence-corrected chi connectivity index (χ3v) is 1.87. The van der Waals surface area contributed by atoms with Gasteiger partial charge in [0.2, 0.25) is 0 Å². The Hall–Kier alpha value is -0.0200. The summed E-state index contributed by atoms with van der Waals surface area (Å²) in [5.74, 6) is 1.81. The van der Waals surface area contributed by atoms with E-state index in [0.29, 0.717) is 11.9 Å². The molecular weight excluding hydrogens is 132 g/mol. The van der Waals surface area contributed by atoms with E-state index < -0.39 is 0 Å². The monoisotopic (exact) mass is 146 g/mol. The molecule has 0 aromatic heterocycles. The van der Waals surface area contributed by atoms with Crippen LogP contribution in [0.25, 0.3) is 0 Å². The summed E-state index contributed by atoms with van der Waals surface area (Å²) in [5.41, 5.74) is 5.27. The van der Waals surface area contributed by atoms with Crippen LogP contribution >= 0.6 is 11.8 Å². The molecule has 0 fully saturated rings. The summed E-state index contributed by atoms with van der Waals surface area (Å²) in [4.78, 5) is 3.86. The average Bonchev–Trinajstić information content (AvgIpc) is 1.89. The Morgan fingerprint density at radius 2 is 2.44 bits per heavy atom. The number of nitrogens with two attached hydrogens (primary N) is 1. The quantitative estimate of drug-likeness (QED) is 0.358. The Morgan fingerprint density at radius 1 is 1.78 bits per heavy atom. The minimum absolute atomic E-state index is 0.393. The molecule has 0 aliphatic heterocycles. The molecule has 2 N–H and O–H groups in total. The molecule has 0 amide bonds. The maximum atomic E-state index is 5.27. The predicted molar refractivity (Wildman–Crippen MR) is 45.1 cm³/mol. The summed E-state index contributed by atoms with van der Waals surface area (Å²) in [6, 6.07) is 0.393. The maximum Gasteiger partial charge on any atom is 0.0472 e. The zero-order valence-electron chi connectivity index (χ0n) is 5.84. The highest BCUT2D eigenvalue weighted by atomic mass is 32.2. The molecule has 0 heterocycles. The first-order chi connectivity index (χ1) is 4.31. The SMILES string of the molecule is C=NC(C)CCSCN. The Morgan fingerprint density at radius 3 is 2.89 bits per heavy atom. The zero-order chi connectivity index (χ0) is 7.11. The molecular formula is C6H14N2S. The lowest BCUT2D eigenvalue weighted by molar-refractivity contribution is 0.729. The third kappa shape index (κ3) is 5.86. The zero-order valence-corrected chi connectivity index (χ0v) is 6.66. The summed E-state index contributed by atoms with van der Waals surface area (Å²) in [7, 11) is 0. The Kier molecular flexibility index (Phi) is 6.09. The first-order valence-corrected chi connectivity index (χ1v) is 4.20. The first-order valence-electron chi connectivity index (χ1n) is 3.05. The van der Waals surface area contributed by atoms with E-state index in [0.717, 1.165) is 12.2 Å². The van der Waals surface area contributed by atoms with Gasteiger partial charge < -0.3 is 5.73 Å². The standard InChI is InChI=1S/C6H14N2S/c1-6(8-2)3-4-9-5-7/h6H,2-5,7H2,1H3. The van der Waals surface area contributed by atoms with E-state index in [1.54, 1.807) is 11.8 Å². The highest BCUT2D eigenvalue weighted by Crippen LogP contribution is 2.03. The molecule has 0 bridgehead atoms. The van der Waals surface area contributed by atoms with Crippen molar-refractivity contribution in [3.05, 3.63) is 0 Å². The van der Waals surface area contributed by atoms with Crippen LogP contribution in [-0.4, -0.2) is 24.4 Å². The fourth-order valence-corrected chi connectivity index (χ4v) is 1.10. The lowest BCUT2D eigenvalue weighted by Crippen LogP contribution is -2.01. The maximum absolute atomic E-state index is 5.27. The van der Waals surface area contributed by atoms with E-state index in [-0.39, 0.29) is 0 Å². The first kappa shape index (κ1) is 8.98. The third-order valence-electron chi connectivity index (χ3n) is 1.11. The van der Waals surface area contributed by atoms with E-state index in [1.807, 2.05) is 0 Å². The topological polar surface area (TPSA) is 38.4 Å². The molecule has 1 unspecified atom stereocenters. The average molecular weight is 146 g/mol. The van der Waals surface area contributed by atoms with Gasteiger partial charge in [-0.25, -0.2) is 0 Å². The van der Waals surface area contributed by atoms with Crippen LogP contribution < -0.4 is 5.73 Å². The van der Waals surface area contributed by atoms with Crippen LogP contribution in [0.5, 0.6) is 0 Å². The van der Waals surface area contributed by atoms with E-state index in [1.165, 1.54) is 0 Å². The smallest absolute Gasteiger partial charge is 0.0472 e. The molecule has 0 aromatic carbocycles. The van der Waals surface area contributed by atoms with Gasteiger partial charge >= 0.3 is 0 Å².